The molecule has 0 saturated heterocycles. The van der Waals surface area contributed by atoms with Crippen LogP contribution in [0.15, 0.2) is 38.3 Å². The zero-order valence-corrected chi connectivity index (χ0v) is 21.5. The lowest BCUT2D eigenvalue weighted by atomic mass is 9.79. The summed E-state index contributed by atoms with van der Waals surface area (Å²) in [5, 5.41) is 14.2. The van der Waals surface area contributed by atoms with Gasteiger partial charge in [0.05, 0.1) is 23.4 Å². The van der Waals surface area contributed by atoms with E-state index in [1.807, 2.05) is 0 Å². The van der Waals surface area contributed by atoms with Crippen molar-refractivity contribution in [1.82, 2.24) is 5.43 Å². The maximum Gasteiger partial charge on any atom is 0.275 e. The van der Waals surface area contributed by atoms with Crippen molar-refractivity contribution in [2.75, 3.05) is 18.6 Å². The molecule has 1 aliphatic heterocycles. The summed E-state index contributed by atoms with van der Waals surface area (Å²) in [5.74, 6) is 0.419. The summed E-state index contributed by atoms with van der Waals surface area (Å²) in [5.41, 5.74) is 5.86. The summed E-state index contributed by atoms with van der Waals surface area (Å²) in [7, 11) is 1.63. The summed E-state index contributed by atoms with van der Waals surface area (Å²) in [6.07, 6.45) is 2.62. The number of benzene rings is 2. The number of ether oxygens (including phenoxy) is 1. The molecule has 2 aromatic rings. The van der Waals surface area contributed by atoms with Crippen LogP contribution in [0.3, 0.4) is 0 Å². The number of halogens is 2. The first kappa shape index (κ1) is 23.6. The maximum atomic E-state index is 12.5. The van der Waals surface area contributed by atoms with E-state index < -0.39 is 5.91 Å². The third-order valence-corrected chi connectivity index (χ3v) is 6.76. The van der Waals surface area contributed by atoms with Gasteiger partial charge >= 0.3 is 0 Å². The van der Waals surface area contributed by atoms with Crippen molar-refractivity contribution in [2.45, 2.75) is 45.6 Å². The minimum atomic E-state index is -0.514. The van der Waals surface area contributed by atoms with E-state index in [2.05, 4.69) is 87.1 Å². The van der Waals surface area contributed by atoms with Gasteiger partial charge in [-0.2, -0.15) is 5.10 Å². The second kappa shape index (κ2) is 9.20. The number of fused-ring (bicyclic) bond motifs is 1. The molecular weight excluding hydrogens is 526 g/mol. The summed E-state index contributed by atoms with van der Waals surface area (Å²) in [4.78, 5) is 14.9. The Balaban J connectivity index is 1.90. The Labute approximate surface area is 199 Å². The molecule has 2 aromatic carbocycles. The van der Waals surface area contributed by atoms with Gasteiger partial charge in [-0.15, -0.1) is 0 Å². The van der Waals surface area contributed by atoms with Gasteiger partial charge in [-0.05, 0) is 72.8 Å². The molecule has 0 saturated carbocycles. The SMILES string of the molecule is CCN1c2cc(OC)c(/C=N\NC(=O)c3cc(Br)cc(Br)c3O)cc2C(C)CC1(C)C. The molecule has 1 aliphatic rings. The minimum Gasteiger partial charge on any atom is -0.506 e. The fraction of sp³-hybridized carbons (Fsp3) is 0.391. The fourth-order valence-corrected chi connectivity index (χ4v) is 5.59. The third-order valence-electron chi connectivity index (χ3n) is 5.70. The van der Waals surface area contributed by atoms with Gasteiger partial charge in [-0.1, -0.05) is 22.9 Å². The van der Waals surface area contributed by atoms with Gasteiger partial charge in [-0.3, -0.25) is 4.79 Å². The van der Waals surface area contributed by atoms with E-state index in [0.29, 0.717) is 20.6 Å². The van der Waals surface area contributed by atoms with Gasteiger partial charge in [0, 0.05) is 33.9 Å². The molecule has 31 heavy (non-hydrogen) atoms. The van der Waals surface area contributed by atoms with Gasteiger partial charge in [-0.25, -0.2) is 5.43 Å². The van der Waals surface area contributed by atoms with Gasteiger partial charge < -0.3 is 14.7 Å². The number of amides is 1. The number of carbonyl (C=O) groups excluding carboxylic acids is 1. The largest absolute Gasteiger partial charge is 0.506 e. The second-order valence-electron chi connectivity index (χ2n) is 8.30. The lowest BCUT2D eigenvalue weighted by Crippen LogP contribution is -2.48. The molecule has 0 aliphatic carbocycles. The summed E-state index contributed by atoms with van der Waals surface area (Å²) >= 11 is 6.55. The average Bonchev–Trinajstić information content (AvgIpc) is 2.70. The van der Waals surface area contributed by atoms with Crippen LogP contribution in [-0.4, -0.2) is 36.4 Å². The van der Waals surface area contributed by atoms with E-state index >= 15 is 0 Å². The van der Waals surface area contributed by atoms with E-state index in [4.69, 9.17) is 4.74 Å². The number of nitrogens with one attached hydrogen (secondary N) is 1. The monoisotopic (exact) mass is 551 g/mol. The molecule has 166 valence electrons. The van der Waals surface area contributed by atoms with Crippen molar-refractivity contribution >= 4 is 49.7 Å². The topological polar surface area (TPSA) is 74.2 Å². The number of methoxy groups -OCH3 is 1. The van der Waals surface area contributed by atoms with Gasteiger partial charge in [0.2, 0.25) is 0 Å². The van der Waals surface area contributed by atoms with Crippen molar-refractivity contribution in [3.8, 4) is 11.5 Å². The molecule has 8 heteroatoms. The maximum absolute atomic E-state index is 12.5. The molecule has 0 aromatic heterocycles. The first-order valence-electron chi connectivity index (χ1n) is 10.1. The lowest BCUT2D eigenvalue weighted by Gasteiger charge is -2.47. The van der Waals surface area contributed by atoms with Crippen LogP contribution in [0.1, 0.15) is 61.5 Å². The molecule has 3 rings (SSSR count). The third kappa shape index (κ3) is 4.75. The average molecular weight is 553 g/mol. The van der Waals surface area contributed by atoms with Crippen LogP contribution in [0.25, 0.3) is 0 Å². The van der Waals surface area contributed by atoms with Gasteiger partial charge in [0.15, 0.2) is 0 Å². The molecule has 1 amide bonds. The van der Waals surface area contributed by atoms with E-state index in [-0.39, 0.29) is 16.9 Å². The van der Waals surface area contributed by atoms with E-state index in [9.17, 15) is 9.90 Å². The molecule has 1 atom stereocenters. The second-order valence-corrected chi connectivity index (χ2v) is 10.1. The lowest BCUT2D eigenvalue weighted by molar-refractivity contribution is 0.0952. The minimum absolute atomic E-state index is 0.0655. The molecule has 0 spiro atoms. The molecular formula is C23H27Br2N3O3. The number of hydrogen-bond acceptors (Lipinski definition) is 5. The number of anilines is 1. The van der Waals surface area contributed by atoms with Crippen LogP contribution in [0.2, 0.25) is 0 Å². The van der Waals surface area contributed by atoms with Gasteiger partial charge in [0.1, 0.15) is 11.5 Å². The molecule has 0 bridgehead atoms. The Kier molecular flexibility index (Phi) is 7.01. The number of carbonyl (C=O) groups is 1. The number of phenolic OH excluding ortho intramolecular Hbond substituents is 1. The molecule has 2 N–H and O–H groups in total. The van der Waals surface area contributed by atoms with E-state index in [1.165, 1.54) is 17.3 Å². The number of rotatable bonds is 5. The Morgan fingerprint density at radius 3 is 2.71 bits per heavy atom. The normalized spacial score (nSPS) is 17.5. The van der Waals surface area contributed by atoms with Crippen LogP contribution in [-0.2, 0) is 0 Å². The zero-order chi connectivity index (χ0) is 22.9. The van der Waals surface area contributed by atoms with Crippen molar-refractivity contribution in [2.24, 2.45) is 5.10 Å². The predicted molar refractivity (Wildman–Crippen MR) is 132 cm³/mol. The van der Waals surface area contributed by atoms with E-state index in [0.717, 1.165) is 18.5 Å². The zero-order valence-electron chi connectivity index (χ0n) is 18.3. The van der Waals surface area contributed by atoms with Crippen molar-refractivity contribution < 1.29 is 14.6 Å². The Morgan fingerprint density at radius 2 is 2.06 bits per heavy atom. The number of aromatic hydroxyl groups is 1. The summed E-state index contributed by atoms with van der Waals surface area (Å²) in [6, 6.07) is 7.33. The highest BCUT2D eigenvalue weighted by Crippen LogP contribution is 2.45. The predicted octanol–water partition coefficient (Wildman–Crippen LogP) is 5.80. The van der Waals surface area contributed by atoms with Crippen LogP contribution in [0, 0.1) is 0 Å². The summed E-state index contributed by atoms with van der Waals surface area (Å²) < 4.78 is 6.71. The van der Waals surface area contributed by atoms with Gasteiger partial charge in [0.25, 0.3) is 5.91 Å². The van der Waals surface area contributed by atoms with Crippen LogP contribution in [0.5, 0.6) is 11.5 Å². The highest BCUT2D eigenvalue weighted by molar-refractivity contribution is 9.11. The first-order valence-corrected chi connectivity index (χ1v) is 11.7. The summed E-state index contributed by atoms with van der Waals surface area (Å²) in [6.45, 7) is 9.84. The van der Waals surface area contributed by atoms with Crippen molar-refractivity contribution in [3.63, 3.8) is 0 Å². The van der Waals surface area contributed by atoms with Crippen molar-refractivity contribution in [3.05, 3.63) is 49.9 Å². The Morgan fingerprint density at radius 1 is 1.35 bits per heavy atom. The number of phenols is 1. The molecule has 6 nitrogen and oxygen atoms in total. The quantitative estimate of drug-likeness (QED) is 0.363. The standard InChI is InChI=1S/C23H27Br2N3O3/c1-6-28-19-10-20(31-5)14(7-16(19)13(2)11-23(28,3)4)12-26-27-22(30)17-8-15(24)9-18(25)21(17)29/h7-10,12-13,29H,6,11H2,1-5H3,(H,27,30)/b26-12-. The molecule has 1 heterocycles. The number of hydrogen-bond donors (Lipinski definition) is 2. The fourth-order valence-electron chi connectivity index (χ4n) is 4.36. The van der Waals surface area contributed by atoms with Crippen molar-refractivity contribution in [1.29, 1.82) is 0 Å². The Hall–Kier alpha value is -2.06. The molecule has 0 radical (unpaired) electrons. The molecule has 0 fully saturated rings. The smallest absolute Gasteiger partial charge is 0.275 e. The highest BCUT2D eigenvalue weighted by Gasteiger charge is 2.36. The van der Waals surface area contributed by atoms with Crippen LogP contribution < -0.4 is 15.1 Å². The number of nitrogens with zero attached hydrogens (tertiary/aromatic N) is 2. The van der Waals surface area contributed by atoms with Crippen LogP contribution in [0.4, 0.5) is 5.69 Å². The van der Waals surface area contributed by atoms with Crippen LogP contribution >= 0.6 is 31.9 Å². The number of hydrazone groups is 1. The molecule has 1 unspecified atom stereocenters. The van der Waals surface area contributed by atoms with E-state index in [1.54, 1.807) is 19.4 Å². The highest BCUT2D eigenvalue weighted by atomic mass is 79.9. The Bertz CT molecular complexity index is 1040. The first-order chi connectivity index (χ1) is 14.6.